The van der Waals surface area contributed by atoms with Gasteiger partial charge in [0.25, 0.3) is 0 Å². The van der Waals surface area contributed by atoms with Crippen LogP contribution in [0.2, 0.25) is 0 Å². The van der Waals surface area contributed by atoms with Gasteiger partial charge in [0.2, 0.25) is 12.2 Å². The fourth-order valence-electron chi connectivity index (χ4n) is 3.12. The summed E-state index contributed by atoms with van der Waals surface area (Å²) in [5, 5.41) is 59.1. The predicted octanol–water partition coefficient (Wildman–Crippen LogP) is -4.00. The minimum absolute atomic E-state index is 0.155. The van der Waals surface area contributed by atoms with E-state index in [1.54, 1.807) is 0 Å². The molecule has 0 unspecified atom stereocenters. The Morgan fingerprint density at radius 2 is 1.62 bits per heavy atom. The zero-order valence-corrected chi connectivity index (χ0v) is 13.9. The summed E-state index contributed by atoms with van der Waals surface area (Å²) in [7, 11) is 0. The molecule has 150 valence electrons. The maximum atomic E-state index is 10.6. The summed E-state index contributed by atoms with van der Waals surface area (Å²) < 4.78 is 16.3. The maximum absolute atomic E-state index is 10.6. The molecule has 6 N–H and O–H groups in total. The summed E-state index contributed by atoms with van der Waals surface area (Å²) in [4.78, 5) is 13.8. The lowest BCUT2D eigenvalue weighted by atomic mass is 9.96. The van der Waals surface area contributed by atoms with Gasteiger partial charge in [-0.2, -0.15) is 4.89 Å². The Bertz CT molecular complexity index is 517. The standard InChI is InChI=1S/C14H23NO11/c1-4-15-7-9(19)12(6(3-17)23-13(7)26-25-4)24-14-11(21)10(20)8(18)5(2-16)22-14/h5-14,16-21H,2-3H2,1H3/t5-,6-,7-,8-,9-,10+,11+,12-,13-,14+/m1/s1. The number of nitrogens with zero attached hydrogens (tertiary/aromatic N) is 1. The van der Waals surface area contributed by atoms with E-state index in [4.69, 9.17) is 24.0 Å². The maximum Gasteiger partial charge on any atom is 0.228 e. The SMILES string of the molecule is CC1=N[C@H]2[C@@H](OO1)O[C@H](CO)[C@@H](O[C@@H]1O[C@H](CO)[C@@H](O)[C@H](O)[C@@H]1O)[C@@H]2O. The van der Waals surface area contributed by atoms with Gasteiger partial charge in [-0.25, -0.2) is 4.99 Å². The van der Waals surface area contributed by atoms with Crippen LogP contribution in [0, 0.1) is 0 Å². The first-order valence-corrected chi connectivity index (χ1v) is 8.15. The summed E-state index contributed by atoms with van der Waals surface area (Å²) in [5.74, 6) is 0.155. The zero-order chi connectivity index (χ0) is 19.0. The molecule has 2 saturated heterocycles. The van der Waals surface area contributed by atoms with Crippen LogP contribution in [0.25, 0.3) is 0 Å². The monoisotopic (exact) mass is 381 g/mol. The number of hydrogen-bond donors (Lipinski definition) is 6. The first kappa shape index (κ1) is 19.8. The second-order valence-corrected chi connectivity index (χ2v) is 6.33. The Labute approximate surface area is 148 Å². The Hall–Kier alpha value is -0.930. The van der Waals surface area contributed by atoms with Crippen molar-refractivity contribution in [2.75, 3.05) is 13.2 Å². The van der Waals surface area contributed by atoms with Crippen molar-refractivity contribution in [2.45, 2.75) is 68.3 Å². The Kier molecular flexibility index (Phi) is 6.08. The molecule has 26 heavy (non-hydrogen) atoms. The highest BCUT2D eigenvalue weighted by atomic mass is 17.2. The van der Waals surface area contributed by atoms with Crippen LogP contribution in [0.15, 0.2) is 4.99 Å². The van der Waals surface area contributed by atoms with E-state index in [9.17, 15) is 30.6 Å². The fourth-order valence-corrected chi connectivity index (χ4v) is 3.12. The van der Waals surface area contributed by atoms with E-state index in [0.717, 1.165) is 0 Å². The van der Waals surface area contributed by atoms with E-state index in [2.05, 4.69) is 4.99 Å². The van der Waals surface area contributed by atoms with Crippen LogP contribution in [-0.4, -0.2) is 111 Å². The lowest BCUT2D eigenvalue weighted by molar-refractivity contribution is -0.397. The summed E-state index contributed by atoms with van der Waals surface area (Å²) in [6.45, 7) is 0.320. The highest BCUT2D eigenvalue weighted by Gasteiger charge is 2.52. The Balaban J connectivity index is 1.77. The van der Waals surface area contributed by atoms with E-state index in [-0.39, 0.29) is 5.90 Å². The van der Waals surface area contributed by atoms with Gasteiger partial charge in [0, 0.05) is 6.92 Å². The van der Waals surface area contributed by atoms with Crippen molar-refractivity contribution >= 4 is 5.90 Å². The number of fused-ring (bicyclic) bond motifs is 1. The van der Waals surface area contributed by atoms with Crippen molar-refractivity contribution in [1.82, 2.24) is 0 Å². The number of hydrogen-bond acceptors (Lipinski definition) is 12. The molecule has 0 amide bonds. The first-order valence-electron chi connectivity index (χ1n) is 8.15. The van der Waals surface area contributed by atoms with E-state index < -0.39 is 74.6 Å². The lowest BCUT2D eigenvalue weighted by Crippen LogP contribution is -2.65. The van der Waals surface area contributed by atoms with Gasteiger partial charge in [0.15, 0.2) is 6.29 Å². The molecule has 3 heterocycles. The van der Waals surface area contributed by atoms with E-state index >= 15 is 0 Å². The molecule has 0 saturated carbocycles. The van der Waals surface area contributed by atoms with Crippen molar-refractivity contribution in [1.29, 1.82) is 0 Å². The number of aliphatic imine (C=N–C) groups is 1. The normalized spacial score (nSPS) is 49.1. The van der Waals surface area contributed by atoms with Crippen LogP contribution in [0.3, 0.4) is 0 Å². The number of aliphatic hydroxyl groups is 6. The molecule has 10 atom stereocenters. The molecule has 2 fully saturated rings. The number of ether oxygens (including phenoxy) is 3. The van der Waals surface area contributed by atoms with Crippen molar-refractivity contribution in [3.63, 3.8) is 0 Å². The first-order chi connectivity index (χ1) is 12.4. The molecule has 3 rings (SSSR count). The van der Waals surface area contributed by atoms with Gasteiger partial charge >= 0.3 is 0 Å². The lowest BCUT2D eigenvalue weighted by Gasteiger charge is -2.46. The number of aliphatic hydroxyl groups excluding tert-OH is 6. The van der Waals surface area contributed by atoms with Crippen molar-refractivity contribution in [3.05, 3.63) is 0 Å². The topological polar surface area (TPSA) is 180 Å². The third-order valence-corrected chi connectivity index (χ3v) is 4.55. The molecule has 3 aliphatic heterocycles. The highest BCUT2D eigenvalue weighted by molar-refractivity contribution is 5.73. The largest absolute Gasteiger partial charge is 0.394 e. The van der Waals surface area contributed by atoms with Gasteiger partial charge in [-0.3, -0.25) is 0 Å². The number of rotatable bonds is 4. The van der Waals surface area contributed by atoms with Crippen LogP contribution >= 0.6 is 0 Å². The molecule has 0 aromatic carbocycles. The summed E-state index contributed by atoms with van der Waals surface area (Å²) in [6.07, 6.45) is -12.2. The predicted molar refractivity (Wildman–Crippen MR) is 79.5 cm³/mol. The third-order valence-electron chi connectivity index (χ3n) is 4.55. The van der Waals surface area contributed by atoms with Gasteiger partial charge in [-0.15, -0.1) is 0 Å². The average Bonchev–Trinajstić information content (AvgIpc) is 2.64. The van der Waals surface area contributed by atoms with Crippen LogP contribution in [0.5, 0.6) is 0 Å². The smallest absolute Gasteiger partial charge is 0.228 e. The fraction of sp³-hybridized carbons (Fsp3) is 0.929. The van der Waals surface area contributed by atoms with Crippen LogP contribution in [0.1, 0.15) is 6.92 Å². The summed E-state index contributed by atoms with van der Waals surface area (Å²) >= 11 is 0. The summed E-state index contributed by atoms with van der Waals surface area (Å²) in [6, 6.07) is -0.915. The van der Waals surface area contributed by atoms with E-state index in [0.29, 0.717) is 0 Å². The molecule has 12 heteroatoms. The van der Waals surface area contributed by atoms with E-state index in [1.807, 2.05) is 0 Å². The second kappa shape index (κ2) is 7.98. The minimum Gasteiger partial charge on any atom is -0.394 e. The van der Waals surface area contributed by atoms with Crippen molar-refractivity contribution in [3.8, 4) is 0 Å². The van der Waals surface area contributed by atoms with Gasteiger partial charge < -0.3 is 49.7 Å². The van der Waals surface area contributed by atoms with Crippen LogP contribution in [-0.2, 0) is 24.0 Å². The minimum atomic E-state index is -1.66. The molecular formula is C14H23NO11. The Morgan fingerprint density at radius 3 is 2.27 bits per heavy atom. The second-order valence-electron chi connectivity index (χ2n) is 6.33. The molecule has 0 bridgehead atoms. The van der Waals surface area contributed by atoms with Crippen molar-refractivity contribution < 1.29 is 54.6 Å². The van der Waals surface area contributed by atoms with E-state index in [1.165, 1.54) is 6.92 Å². The van der Waals surface area contributed by atoms with Gasteiger partial charge in [0.1, 0.15) is 48.8 Å². The molecule has 0 aromatic rings. The molecule has 0 radical (unpaired) electrons. The molecule has 12 nitrogen and oxygen atoms in total. The Morgan fingerprint density at radius 1 is 0.923 bits per heavy atom. The third kappa shape index (κ3) is 3.57. The molecule has 0 aliphatic carbocycles. The highest BCUT2D eigenvalue weighted by Crippen LogP contribution is 2.32. The van der Waals surface area contributed by atoms with Gasteiger partial charge in [-0.1, -0.05) is 0 Å². The zero-order valence-electron chi connectivity index (χ0n) is 13.9. The average molecular weight is 381 g/mol. The van der Waals surface area contributed by atoms with Crippen LogP contribution < -0.4 is 0 Å². The van der Waals surface area contributed by atoms with Crippen LogP contribution in [0.4, 0.5) is 0 Å². The molecule has 0 aromatic heterocycles. The molecular weight excluding hydrogens is 358 g/mol. The molecule has 3 aliphatic rings. The van der Waals surface area contributed by atoms with Crippen molar-refractivity contribution in [2.24, 2.45) is 4.99 Å². The van der Waals surface area contributed by atoms with Gasteiger partial charge in [0.05, 0.1) is 13.2 Å². The summed E-state index contributed by atoms with van der Waals surface area (Å²) in [5.41, 5.74) is 0. The molecule has 0 spiro atoms. The quantitative estimate of drug-likeness (QED) is 0.261. The van der Waals surface area contributed by atoms with Gasteiger partial charge in [-0.05, 0) is 0 Å².